The van der Waals surface area contributed by atoms with Gasteiger partial charge in [-0.25, -0.2) is 4.18 Å². The van der Waals surface area contributed by atoms with E-state index >= 15 is 0 Å². The zero-order valence-corrected chi connectivity index (χ0v) is 9.87. The number of aliphatic hydroxyl groups excluding tert-OH is 5. The lowest BCUT2D eigenvalue weighted by molar-refractivity contribution is -0.201. The minimum atomic E-state index is -4.02. The van der Waals surface area contributed by atoms with E-state index in [0.29, 0.717) is 0 Å². The Kier molecular flexibility index (Phi) is 4.39. The molecule has 0 bridgehead atoms. The van der Waals surface area contributed by atoms with Crippen molar-refractivity contribution in [2.24, 2.45) is 0 Å². The summed E-state index contributed by atoms with van der Waals surface area (Å²) in [6, 6.07) is 0. The Morgan fingerprint density at radius 3 is 2.00 bits per heavy atom. The van der Waals surface area contributed by atoms with E-state index in [0.717, 1.165) is 0 Å². The van der Waals surface area contributed by atoms with E-state index in [9.17, 15) is 28.8 Å². The van der Waals surface area contributed by atoms with E-state index in [1.54, 1.807) is 0 Å². The predicted molar refractivity (Wildman–Crippen MR) is 53.7 cm³/mol. The van der Waals surface area contributed by atoms with Crippen molar-refractivity contribution in [1.29, 1.82) is 0 Å². The summed E-state index contributed by atoms with van der Waals surface area (Å²) in [5.41, 5.74) is 0. The lowest BCUT2D eigenvalue weighted by Crippen LogP contribution is -2.59. The van der Waals surface area contributed by atoms with Crippen molar-refractivity contribution in [2.45, 2.75) is 29.5 Å². The maximum absolute atomic E-state index is 10.6. The molecule has 1 aliphatic rings. The smallest absolute Gasteiger partial charge is 0.330 e. The van der Waals surface area contributed by atoms with Crippen LogP contribution in [0, 0.1) is 0 Å². The van der Waals surface area contributed by atoms with Crippen LogP contribution in [0.1, 0.15) is 0 Å². The van der Waals surface area contributed by atoms with Gasteiger partial charge < -0.3 is 30.6 Å². The molecular weight excluding hydrogens is 280 g/mol. The second-order valence-electron chi connectivity index (χ2n) is 3.38. The van der Waals surface area contributed by atoms with Crippen LogP contribution in [0.2, 0.25) is 0 Å². The summed E-state index contributed by atoms with van der Waals surface area (Å²) in [4.78, 5) is 0. The molecule has 5 atom stereocenters. The van der Waals surface area contributed by atoms with Gasteiger partial charge >= 0.3 is 9.15 Å². The molecule has 1 heterocycles. The van der Waals surface area contributed by atoms with Crippen LogP contribution in [0.3, 0.4) is 0 Å². The maximum Gasteiger partial charge on any atom is 0.330 e. The average Bonchev–Trinajstić information content (AvgIpc) is 2.21. The summed E-state index contributed by atoms with van der Waals surface area (Å²) in [6.07, 6.45) is -8.03. The van der Waals surface area contributed by atoms with Crippen LogP contribution in [0.15, 0.2) is 0 Å². The maximum atomic E-state index is 10.6. The van der Waals surface area contributed by atoms with Gasteiger partial charge in [-0.15, -0.1) is 0 Å². The fourth-order valence-corrected chi connectivity index (χ4v) is 3.74. The van der Waals surface area contributed by atoms with Gasteiger partial charge in [0.2, 0.25) is 0 Å². The molecule has 1 rings (SSSR count). The SMILES string of the molecule is O=S1(=O)OC(O)([C@H](O)[C@H](O)[C@H](O)[C@@H](O)CO)S1. The second-order valence-corrected chi connectivity index (χ2v) is 6.84. The molecule has 0 spiro atoms. The zero-order chi connectivity index (χ0) is 13.4. The van der Waals surface area contributed by atoms with Crippen LogP contribution in [-0.2, 0) is 13.3 Å². The van der Waals surface area contributed by atoms with Crippen LogP contribution in [0.4, 0.5) is 0 Å². The third kappa shape index (κ3) is 3.07. The van der Waals surface area contributed by atoms with Gasteiger partial charge in [-0.05, 0) is 0 Å². The Morgan fingerprint density at radius 2 is 1.65 bits per heavy atom. The van der Waals surface area contributed by atoms with E-state index in [1.165, 1.54) is 0 Å². The standard InChI is InChI=1S/C6H12O9S2/c7-1-2(8)3(9)4(10)5(11)6(12)15-17(13,14)16-6/h2-5,7-12H,1H2/t2-,3+,4+,5+,6?/m0/s1. The number of hydrogen-bond donors (Lipinski definition) is 6. The van der Waals surface area contributed by atoms with Gasteiger partial charge in [-0.2, -0.15) is 8.42 Å². The first kappa shape index (κ1) is 15.1. The molecule has 1 fully saturated rings. The van der Waals surface area contributed by atoms with Gasteiger partial charge in [0, 0.05) is 0 Å². The van der Waals surface area contributed by atoms with Gasteiger partial charge in [-0.3, -0.25) is 0 Å². The summed E-state index contributed by atoms with van der Waals surface area (Å²) in [5, 5.41) is 52.2. The van der Waals surface area contributed by atoms with Crippen LogP contribution in [-0.4, -0.2) is 75.2 Å². The number of aliphatic hydroxyl groups is 6. The monoisotopic (exact) mass is 292 g/mol. The van der Waals surface area contributed by atoms with E-state index in [2.05, 4.69) is 4.18 Å². The number of rotatable bonds is 5. The first-order valence-corrected chi connectivity index (χ1v) is 7.09. The topological polar surface area (TPSA) is 165 Å². The molecule has 0 radical (unpaired) electrons. The van der Waals surface area contributed by atoms with Gasteiger partial charge in [0.15, 0.2) is 0 Å². The Morgan fingerprint density at radius 1 is 1.18 bits per heavy atom. The molecule has 1 saturated heterocycles. The first-order valence-electron chi connectivity index (χ1n) is 4.34. The van der Waals surface area contributed by atoms with Crippen molar-refractivity contribution in [3.8, 4) is 0 Å². The molecule has 0 aromatic rings. The van der Waals surface area contributed by atoms with Crippen LogP contribution in [0.25, 0.3) is 0 Å². The van der Waals surface area contributed by atoms with Crippen molar-refractivity contribution in [2.75, 3.05) is 6.61 Å². The van der Waals surface area contributed by atoms with Crippen LogP contribution >= 0.6 is 10.8 Å². The Bertz CT molecular complexity index is 356. The van der Waals surface area contributed by atoms with Crippen molar-refractivity contribution >= 4 is 19.9 Å². The van der Waals surface area contributed by atoms with Gasteiger partial charge in [-0.1, -0.05) is 0 Å². The minimum absolute atomic E-state index is 0.153. The third-order valence-electron chi connectivity index (χ3n) is 2.07. The highest BCUT2D eigenvalue weighted by Crippen LogP contribution is 2.47. The van der Waals surface area contributed by atoms with Crippen molar-refractivity contribution < 1.29 is 43.2 Å². The highest BCUT2D eigenvalue weighted by atomic mass is 33.2. The van der Waals surface area contributed by atoms with E-state index < -0.39 is 45.3 Å². The van der Waals surface area contributed by atoms with Gasteiger partial charge in [0.05, 0.1) is 17.4 Å². The Labute approximate surface area is 99.8 Å². The molecule has 0 amide bonds. The highest BCUT2D eigenvalue weighted by Gasteiger charge is 2.59. The lowest BCUT2D eigenvalue weighted by Gasteiger charge is -2.40. The molecule has 0 aromatic carbocycles. The fourth-order valence-electron chi connectivity index (χ4n) is 1.14. The minimum Gasteiger partial charge on any atom is -0.394 e. The largest absolute Gasteiger partial charge is 0.394 e. The summed E-state index contributed by atoms with van der Waals surface area (Å²) >= 11 is 0. The molecule has 17 heavy (non-hydrogen) atoms. The molecule has 1 aliphatic heterocycles. The highest BCUT2D eigenvalue weighted by molar-refractivity contribution is 8.72. The Hall–Kier alpha value is 0.0200. The molecule has 0 aromatic heterocycles. The van der Waals surface area contributed by atoms with Crippen molar-refractivity contribution in [1.82, 2.24) is 0 Å². The summed E-state index contributed by atoms with van der Waals surface area (Å²) < 4.78 is 25.2. The summed E-state index contributed by atoms with van der Waals surface area (Å²) in [7, 11) is -4.17. The van der Waals surface area contributed by atoms with E-state index in [-0.39, 0.29) is 10.8 Å². The van der Waals surface area contributed by atoms with Gasteiger partial charge in [0.25, 0.3) is 5.12 Å². The quantitative estimate of drug-likeness (QED) is 0.276. The zero-order valence-electron chi connectivity index (χ0n) is 8.24. The molecule has 102 valence electrons. The van der Waals surface area contributed by atoms with Crippen molar-refractivity contribution in [3.63, 3.8) is 0 Å². The summed E-state index contributed by atoms with van der Waals surface area (Å²) in [5.74, 6) is 0. The molecular formula is C6H12O9S2. The van der Waals surface area contributed by atoms with E-state index in [1.807, 2.05) is 0 Å². The average molecular weight is 292 g/mol. The second kappa shape index (κ2) is 4.95. The van der Waals surface area contributed by atoms with E-state index in [4.69, 9.17) is 10.2 Å². The van der Waals surface area contributed by atoms with Crippen LogP contribution in [0.5, 0.6) is 0 Å². The predicted octanol–water partition coefficient (Wildman–Crippen LogP) is -3.92. The molecule has 1 unspecified atom stereocenters. The molecule has 9 nitrogen and oxygen atoms in total. The molecule has 0 aliphatic carbocycles. The first-order chi connectivity index (χ1) is 7.63. The van der Waals surface area contributed by atoms with Crippen LogP contribution < -0.4 is 0 Å². The lowest BCUT2D eigenvalue weighted by atomic mass is 10.0. The Balaban J connectivity index is 2.68. The fraction of sp³-hybridized carbons (Fsp3) is 1.00. The normalized spacial score (nSPS) is 34.5. The third-order valence-corrected chi connectivity index (χ3v) is 4.94. The molecule has 6 N–H and O–H groups in total. The summed E-state index contributed by atoms with van der Waals surface area (Å²) in [6.45, 7) is -0.893. The molecule has 0 saturated carbocycles. The van der Waals surface area contributed by atoms with Crippen molar-refractivity contribution in [3.05, 3.63) is 0 Å². The number of hydrogen-bond acceptors (Lipinski definition) is 10. The molecule has 11 heteroatoms. The van der Waals surface area contributed by atoms with Gasteiger partial charge in [0.1, 0.15) is 24.4 Å².